The Labute approximate surface area is 167 Å². The summed E-state index contributed by atoms with van der Waals surface area (Å²) in [4.78, 5) is 6.51. The molecular weight excluding hydrogens is 427 g/mol. The minimum atomic E-state index is 0. The molecule has 0 unspecified atom stereocenters. The van der Waals surface area contributed by atoms with Crippen molar-refractivity contribution in [2.75, 3.05) is 20.6 Å². The van der Waals surface area contributed by atoms with Crippen LogP contribution in [0.2, 0.25) is 0 Å². The first-order chi connectivity index (χ1) is 11.5. The van der Waals surface area contributed by atoms with Crippen LogP contribution in [0.3, 0.4) is 0 Å². The molecule has 6 heteroatoms. The van der Waals surface area contributed by atoms with Crippen LogP contribution in [0.5, 0.6) is 0 Å². The fourth-order valence-corrected chi connectivity index (χ4v) is 2.77. The third-order valence-corrected chi connectivity index (χ3v) is 4.26. The molecule has 0 aliphatic rings. The van der Waals surface area contributed by atoms with Crippen molar-refractivity contribution in [2.45, 2.75) is 40.2 Å². The molecule has 1 aromatic carbocycles. The van der Waals surface area contributed by atoms with Gasteiger partial charge in [-0.1, -0.05) is 36.3 Å². The predicted octanol–water partition coefficient (Wildman–Crippen LogP) is 3.72. The average Bonchev–Trinajstić information content (AvgIpc) is 2.91. The van der Waals surface area contributed by atoms with E-state index in [2.05, 4.69) is 58.6 Å². The monoisotopic (exact) mass is 456 g/mol. The number of halogens is 1. The molecule has 2 rings (SSSR count). The van der Waals surface area contributed by atoms with Gasteiger partial charge in [-0.3, -0.25) is 4.99 Å². The Bertz CT molecular complexity index is 660. The first-order valence-electron chi connectivity index (χ1n) is 8.46. The molecule has 1 heterocycles. The van der Waals surface area contributed by atoms with Gasteiger partial charge in [-0.25, -0.2) is 0 Å². The maximum atomic E-state index is 5.21. The molecule has 5 nitrogen and oxygen atoms in total. The van der Waals surface area contributed by atoms with Gasteiger partial charge in [-0.15, -0.1) is 24.0 Å². The number of aliphatic imine (C=N–C) groups is 1. The molecule has 1 aromatic heterocycles. The molecule has 0 saturated heterocycles. The van der Waals surface area contributed by atoms with E-state index in [-0.39, 0.29) is 24.0 Å². The Morgan fingerprint density at radius 1 is 1.20 bits per heavy atom. The highest BCUT2D eigenvalue weighted by atomic mass is 127. The minimum absolute atomic E-state index is 0. The van der Waals surface area contributed by atoms with Gasteiger partial charge in [0.15, 0.2) is 5.96 Å². The highest BCUT2D eigenvalue weighted by Crippen LogP contribution is 2.12. The Hall–Kier alpha value is -1.57. The Morgan fingerprint density at radius 3 is 2.36 bits per heavy atom. The lowest BCUT2D eigenvalue weighted by molar-refractivity contribution is 0.392. The zero-order chi connectivity index (χ0) is 17.5. The molecule has 25 heavy (non-hydrogen) atoms. The van der Waals surface area contributed by atoms with E-state index in [4.69, 9.17) is 4.52 Å². The molecule has 0 atom stereocenters. The van der Waals surface area contributed by atoms with E-state index in [0.29, 0.717) is 0 Å². The maximum Gasteiger partial charge on any atom is 0.193 e. The second-order valence-electron chi connectivity index (χ2n) is 6.05. The standard InChI is InChI=1S/C19H28N4O.HI/c1-6-16-7-9-17(10-8-16)13-23(5)19(20-4)21-12-11-18-14(2)22-24-15(18)3;/h7-10H,6,11-13H2,1-5H3,(H,20,21);1H. The second kappa shape index (κ2) is 10.4. The third-order valence-electron chi connectivity index (χ3n) is 4.26. The van der Waals surface area contributed by atoms with Crippen LogP contribution in [0.4, 0.5) is 0 Å². The summed E-state index contributed by atoms with van der Waals surface area (Å²) in [6.45, 7) is 7.73. The topological polar surface area (TPSA) is 53.7 Å². The Balaban J connectivity index is 0.00000312. The number of nitrogens with zero attached hydrogens (tertiary/aromatic N) is 3. The van der Waals surface area contributed by atoms with Crippen molar-refractivity contribution >= 4 is 29.9 Å². The van der Waals surface area contributed by atoms with Crippen molar-refractivity contribution < 1.29 is 4.52 Å². The molecule has 0 bridgehead atoms. The predicted molar refractivity (Wildman–Crippen MR) is 114 cm³/mol. The van der Waals surface area contributed by atoms with Gasteiger partial charge in [0.1, 0.15) is 5.76 Å². The van der Waals surface area contributed by atoms with E-state index in [1.807, 2.05) is 20.9 Å². The van der Waals surface area contributed by atoms with Gasteiger partial charge < -0.3 is 14.7 Å². The summed E-state index contributed by atoms with van der Waals surface area (Å²) < 4.78 is 5.21. The number of aromatic nitrogens is 1. The van der Waals surface area contributed by atoms with Crippen LogP contribution in [0, 0.1) is 13.8 Å². The van der Waals surface area contributed by atoms with Crippen LogP contribution in [-0.4, -0.2) is 36.7 Å². The Morgan fingerprint density at radius 2 is 1.84 bits per heavy atom. The highest BCUT2D eigenvalue weighted by Gasteiger charge is 2.10. The zero-order valence-corrected chi connectivity index (χ0v) is 18.1. The van der Waals surface area contributed by atoms with Gasteiger partial charge in [-0.05, 0) is 37.8 Å². The summed E-state index contributed by atoms with van der Waals surface area (Å²) in [5.74, 6) is 1.79. The van der Waals surface area contributed by atoms with E-state index in [0.717, 1.165) is 43.3 Å². The first kappa shape index (κ1) is 21.5. The highest BCUT2D eigenvalue weighted by molar-refractivity contribution is 14.0. The number of hydrogen-bond acceptors (Lipinski definition) is 3. The van der Waals surface area contributed by atoms with Gasteiger partial charge in [0.2, 0.25) is 0 Å². The van der Waals surface area contributed by atoms with E-state index in [1.165, 1.54) is 16.7 Å². The van der Waals surface area contributed by atoms with E-state index >= 15 is 0 Å². The smallest absolute Gasteiger partial charge is 0.193 e. The number of rotatable bonds is 6. The fourth-order valence-electron chi connectivity index (χ4n) is 2.77. The van der Waals surface area contributed by atoms with Crippen molar-refractivity contribution in [3.63, 3.8) is 0 Å². The van der Waals surface area contributed by atoms with Crippen LogP contribution in [0.15, 0.2) is 33.8 Å². The summed E-state index contributed by atoms with van der Waals surface area (Å²) in [6, 6.07) is 8.76. The lowest BCUT2D eigenvalue weighted by atomic mass is 10.1. The summed E-state index contributed by atoms with van der Waals surface area (Å²) in [7, 11) is 3.87. The number of aryl methyl sites for hydroxylation is 3. The van der Waals surface area contributed by atoms with Crippen LogP contribution in [0.25, 0.3) is 0 Å². The normalized spacial score (nSPS) is 11.2. The van der Waals surface area contributed by atoms with Crippen LogP contribution < -0.4 is 5.32 Å². The molecule has 0 saturated carbocycles. The van der Waals surface area contributed by atoms with Crippen molar-refractivity contribution in [1.82, 2.24) is 15.4 Å². The largest absolute Gasteiger partial charge is 0.361 e. The van der Waals surface area contributed by atoms with Gasteiger partial charge in [0, 0.05) is 32.7 Å². The van der Waals surface area contributed by atoms with Crippen LogP contribution >= 0.6 is 24.0 Å². The summed E-state index contributed by atoms with van der Waals surface area (Å²) >= 11 is 0. The lowest BCUT2D eigenvalue weighted by Gasteiger charge is -2.22. The van der Waals surface area contributed by atoms with Crippen molar-refractivity contribution in [3.05, 3.63) is 52.4 Å². The maximum absolute atomic E-state index is 5.21. The second-order valence-corrected chi connectivity index (χ2v) is 6.05. The SMILES string of the molecule is CCc1ccc(CN(C)C(=NC)NCCc2c(C)noc2C)cc1.I. The van der Waals surface area contributed by atoms with E-state index < -0.39 is 0 Å². The number of benzene rings is 1. The minimum Gasteiger partial charge on any atom is -0.361 e. The molecule has 138 valence electrons. The van der Waals surface area contributed by atoms with Crippen molar-refractivity contribution in [1.29, 1.82) is 0 Å². The fraction of sp³-hybridized carbons (Fsp3) is 0.474. The molecule has 0 aliphatic heterocycles. The third kappa shape index (κ3) is 6.02. The van der Waals surface area contributed by atoms with E-state index in [9.17, 15) is 0 Å². The zero-order valence-electron chi connectivity index (χ0n) is 15.8. The lowest BCUT2D eigenvalue weighted by Crippen LogP contribution is -2.39. The summed E-state index contributed by atoms with van der Waals surface area (Å²) in [5, 5.41) is 7.41. The van der Waals surface area contributed by atoms with Crippen LogP contribution in [0.1, 0.15) is 35.1 Å². The molecule has 2 aromatic rings. The number of hydrogen-bond donors (Lipinski definition) is 1. The molecule has 0 radical (unpaired) electrons. The molecule has 0 aliphatic carbocycles. The number of nitrogens with one attached hydrogen (secondary N) is 1. The average molecular weight is 456 g/mol. The molecular formula is C19H29IN4O. The van der Waals surface area contributed by atoms with E-state index in [1.54, 1.807) is 0 Å². The first-order valence-corrected chi connectivity index (χ1v) is 8.46. The Kier molecular flexibility index (Phi) is 8.96. The van der Waals surface area contributed by atoms with Gasteiger partial charge >= 0.3 is 0 Å². The molecule has 0 fully saturated rings. The van der Waals surface area contributed by atoms with Gasteiger partial charge in [-0.2, -0.15) is 0 Å². The molecule has 0 spiro atoms. The quantitative estimate of drug-likeness (QED) is 0.409. The summed E-state index contributed by atoms with van der Waals surface area (Å²) in [5.41, 5.74) is 4.79. The number of guanidine groups is 1. The van der Waals surface area contributed by atoms with Crippen LogP contribution in [-0.2, 0) is 19.4 Å². The summed E-state index contributed by atoms with van der Waals surface area (Å²) in [6.07, 6.45) is 1.94. The molecule has 0 amide bonds. The van der Waals surface area contributed by atoms with Crippen molar-refractivity contribution in [2.24, 2.45) is 4.99 Å². The van der Waals surface area contributed by atoms with Gasteiger partial charge in [0.05, 0.1) is 5.69 Å². The molecule has 1 N–H and O–H groups in total. The van der Waals surface area contributed by atoms with Crippen molar-refractivity contribution in [3.8, 4) is 0 Å². The van der Waals surface area contributed by atoms with Gasteiger partial charge in [0.25, 0.3) is 0 Å².